The van der Waals surface area contributed by atoms with Crippen LogP contribution in [0.5, 0.6) is 5.75 Å². The largest absolute Gasteiger partial charge is 0.496 e. The minimum atomic E-state index is -0.474. The number of hydrogen-bond donors (Lipinski definition) is 0. The van der Waals surface area contributed by atoms with E-state index in [0.717, 1.165) is 4.47 Å². The summed E-state index contributed by atoms with van der Waals surface area (Å²) in [5.41, 5.74) is 1.09. The lowest BCUT2D eigenvalue weighted by Gasteiger charge is -2.04. The Balaban J connectivity index is 2.03. The predicted octanol–water partition coefficient (Wildman–Crippen LogP) is 4.08. The van der Waals surface area contributed by atoms with Gasteiger partial charge in [-0.3, -0.25) is 10.1 Å². The molecule has 0 saturated carbocycles. The summed E-state index contributed by atoms with van der Waals surface area (Å²) in [6.07, 6.45) is 0. The second-order valence-corrected chi connectivity index (χ2v) is 5.49. The van der Waals surface area contributed by atoms with Crippen LogP contribution < -0.4 is 4.74 Å². The van der Waals surface area contributed by atoms with Crippen molar-refractivity contribution in [3.05, 3.63) is 57.1 Å². The third-order valence-corrected chi connectivity index (χ3v) is 3.63. The van der Waals surface area contributed by atoms with Crippen LogP contribution >= 0.6 is 15.9 Å². The molecule has 1 heterocycles. The molecule has 0 spiro atoms. The van der Waals surface area contributed by atoms with Gasteiger partial charge in [-0.2, -0.15) is 4.98 Å². The molecule has 116 valence electrons. The van der Waals surface area contributed by atoms with Crippen LogP contribution in [0.4, 0.5) is 5.69 Å². The first kappa shape index (κ1) is 15.2. The van der Waals surface area contributed by atoms with Crippen LogP contribution in [0.1, 0.15) is 0 Å². The van der Waals surface area contributed by atoms with Crippen molar-refractivity contribution in [3.8, 4) is 28.6 Å². The van der Waals surface area contributed by atoms with Gasteiger partial charge in [0.2, 0.25) is 5.82 Å². The molecule has 3 aromatic rings. The van der Waals surface area contributed by atoms with Gasteiger partial charge in [-0.15, -0.1) is 0 Å². The Hall–Kier alpha value is -2.74. The molecule has 1 aromatic heterocycles. The van der Waals surface area contributed by atoms with Crippen LogP contribution in [0.25, 0.3) is 22.8 Å². The number of nitro benzene ring substituents is 1. The Bertz CT molecular complexity index is 879. The van der Waals surface area contributed by atoms with Crippen molar-refractivity contribution in [1.29, 1.82) is 0 Å². The molecule has 2 aromatic carbocycles. The number of hydrogen-bond acceptors (Lipinski definition) is 6. The van der Waals surface area contributed by atoms with Crippen molar-refractivity contribution in [3.63, 3.8) is 0 Å². The number of nitro groups is 1. The van der Waals surface area contributed by atoms with Gasteiger partial charge in [0.25, 0.3) is 11.6 Å². The second-order valence-electron chi connectivity index (χ2n) is 4.58. The van der Waals surface area contributed by atoms with Crippen molar-refractivity contribution >= 4 is 21.6 Å². The van der Waals surface area contributed by atoms with Crippen LogP contribution in [0.2, 0.25) is 0 Å². The number of non-ortho nitro benzene ring substituents is 1. The standard InChI is InChI=1S/C15H10BrN3O4/c1-22-13-6-5-10(16)8-12(13)14-17-15(23-18-14)9-3-2-4-11(7-9)19(20)21/h2-8H,1H3. The molecule has 3 rings (SSSR count). The summed E-state index contributed by atoms with van der Waals surface area (Å²) in [6.45, 7) is 0. The van der Waals surface area contributed by atoms with Gasteiger partial charge in [-0.1, -0.05) is 27.2 Å². The highest BCUT2D eigenvalue weighted by Crippen LogP contribution is 2.32. The van der Waals surface area contributed by atoms with E-state index in [0.29, 0.717) is 22.7 Å². The summed E-state index contributed by atoms with van der Waals surface area (Å²) in [5.74, 6) is 1.13. The molecular weight excluding hydrogens is 366 g/mol. The molecule has 0 bridgehead atoms. The lowest BCUT2D eigenvalue weighted by Crippen LogP contribution is -1.90. The van der Waals surface area contributed by atoms with E-state index >= 15 is 0 Å². The molecule has 0 atom stereocenters. The maximum Gasteiger partial charge on any atom is 0.270 e. The highest BCUT2D eigenvalue weighted by atomic mass is 79.9. The Morgan fingerprint density at radius 2 is 2.09 bits per heavy atom. The van der Waals surface area contributed by atoms with E-state index in [-0.39, 0.29) is 11.6 Å². The summed E-state index contributed by atoms with van der Waals surface area (Å²) in [6, 6.07) is 11.4. The zero-order valence-corrected chi connectivity index (χ0v) is 13.5. The molecule has 0 aliphatic heterocycles. The number of ether oxygens (including phenoxy) is 1. The third kappa shape index (κ3) is 3.07. The molecule has 0 aliphatic carbocycles. The van der Waals surface area contributed by atoms with E-state index in [1.165, 1.54) is 12.1 Å². The lowest BCUT2D eigenvalue weighted by atomic mass is 10.2. The second kappa shape index (κ2) is 6.17. The summed E-state index contributed by atoms with van der Waals surface area (Å²) >= 11 is 3.38. The van der Waals surface area contributed by atoms with Gasteiger partial charge in [0.05, 0.1) is 17.6 Å². The maximum absolute atomic E-state index is 10.8. The average Bonchev–Trinajstić information content (AvgIpc) is 3.05. The van der Waals surface area contributed by atoms with Crippen molar-refractivity contribution in [1.82, 2.24) is 10.1 Å². The fraction of sp³-hybridized carbons (Fsp3) is 0.0667. The van der Waals surface area contributed by atoms with E-state index < -0.39 is 4.92 Å². The topological polar surface area (TPSA) is 91.3 Å². The summed E-state index contributed by atoms with van der Waals surface area (Å²) in [4.78, 5) is 14.7. The maximum atomic E-state index is 10.8. The molecule has 0 unspecified atom stereocenters. The Kier molecular flexibility index (Phi) is 4.07. The van der Waals surface area contributed by atoms with E-state index in [1.54, 1.807) is 31.4 Å². The first-order chi connectivity index (χ1) is 11.1. The third-order valence-electron chi connectivity index (χ3n) is 3.13. The van der Waals surface area contributed by atoms with Crippen molar-refractivity contribution < 1.29 is 14.2 Å². The number of benzene rings is 2. The summed E-state index contributed by atoms with van der Waals surface area (Å²) in [7, 11) is 1.55. The highest BCUT2D eigenvalue weighted by Gasteiger charge is 2.16. The van der Waals surface area contributed by atoms with Gasteiger partial charge in [0.15, 0.2) is 0 Å². The quantitative estimate of drug-likeness (QED) is 0.503. The first-order valence-electron chi connectivity index (χ1n) is 6.51. The normalized spacial score (nSPS) is 10.5. The minimum absolute atomic E-state index is 0.0395. The van der Waals surface area contributed by atoms with Gasteiger partial charge in [0.1, 0.15) is 5.75 Å². The predicted molar refractivity (Wildman–Crippen MR) is 86.1 cm³/mol. The molecule has 0 radical (unpaired) electrons. The minimum Gasteiger partial charge on any atom is -0.496 e. The number of aromatic nitrogens is 2. The monoisotopic (exact) mass is 375 g/mol. The van der Waals surface area contributed by atoms with E-state index in [9.17, 15) is 10.1 Å². The van der Waals surface area contributed by atoms with E-state index in [1.807, 2.05) is 6.07 Å². The zero-order valence-electron chi connectivity index (χ0n) is 11.9. The molecular formula is C15H10BrN3O4. The summed E-state index contributed by atoms with van der Waals surface area (Å²) < 4.78 is 11.4. The number of halogens is 1. The van der Waals surface area contributed by atoms with Gasteiger partial charge in [-0.05, 0) is 24.3 Å². The van der Waals surface area contributed by atoms with Gasteiger partial charge in [0, 0.05) is 22.2 Å². The SMILES string of the molecule is COc1ccc(Br)cc1-c1noc(-c2cccc([N+](=O)[O-])c2)n1. The van der Waals surface area contributed by atoms with Crippen LogP contribution in [-0.4, -0.2) is 22.2 Å². The van der Waals surface area contributed by atoms with E-state index in [4.69, 9.17) is 9.26 Å². The van der Waals surface area contributed by atoms with Crippen LogP contribution in [0, 0.1) is 10.1 Å². The van der Waals surface area contributed by atoms with Gasteiger partial charge < -0.3 is 9.26 Å². The summed E-state index contributed by atoms with van der Waals surface area (Å²) in [5, 5.41) is 14.8. The molecule has 0 fully saturated rings. The van der Waals surface area contributed by atoms with Crippen molar-refractivity contribution in [2.75, 3.05) is 7.11 Å². The molecule has 23 heavy (non-hydrogen) atoms. The average molecular weight is 376 g/mol. The molecule has 0 N–H and O–H groups in total. The number of nitrogens with zero attached hydrogens (tertiary/aromatic N) is 3. The van der Waals surface area contributed by atoms with Crippen molar-refractivity contribution in [2.45, 2.75) is 0 Å². The fourth-order valence-electron chi connectivity index (χ4n) is 2.06. The van der Waals surface area contributed by atoms with Gasteiger partial charge >= 0.3 is 0 Å². The Morgan fingerprint density at radius 3 is 2.83 bits per heavy atom. The van der Waals surface area contributed by atoms with Crippen LogP contribution in [0.15, 0.2) is 51.5 Å². The molecule has 7 nitrogen and oxygen atoms in total. The number of methoxy groups -OCH3 is 1. The molecule has 8 heteroatoms. The molecule has 0 saturated heterocycles. The highest BCUT2D eigenvalue weighted by molar-refractivity contribution is 9.10. The first-order valence-corrected chi connectivity index (χ1v) is 7.30. The van der Waals surface area contributed by atoms with Gasteiger partial charge in [-0.25, -0.2) is 0 Å². The Labute approximate surface area is 139 Å². The lowest BCUT2D eigenvalue weighted by molar-refractivity contribution is -0.384. The Morgan fingerprint density at radius 1 is 1.26 bits per heavy atom. The smallest absolute Gasteiger partial charge is 0.270 e. The molecule has 0 amide bonds. The fourth-order valence-corrected chi connectivity index (χ4v) is 2.42. The zero-order chi connectivity index (χ0) is 16.4. The van der Waals surface area contributed by atoms with Crippen LogP contribution in [-0.2, 0) is 0 Å². The van der Waals surface area contributed by atoms with Crippen LogP contribution in [0.3, 0.4) is 0 Å². The van der Waals surface area contributed by atoms with E-state index in [2.05, 4.69) is 26.1 Å². The van der Waals surface area contributed by atoms with Crippen molar-refractivity contribution in [2.24, 2.45) is 0 Å². The number of rotatable bonds is 4. The molecule has 0 aliphatic rings.